The highest BCUT2D eigenvalue weighted by molar-refractivity contribution is 6.06. The van der Waals surface area contributed by atoms with E-state index in [0.717, 1.165) is 17.5 Å². The van der Waals surface area contributed by atoms with E-state index < -0.39 is 11.2 Å². The molecule has 3 heterocycles. The van der Waals surface area contributed by atoms with Crippen molar-refractivity contribution >= 4 is 22.6 Å². The molecule has 3 aromatic heterocycles. The fraction of sp³-hybridized carbons (Fsp3) is 0.280. The van der Waals surface area contributed by atoms with Crippen LogP contribution in [0.5, 0.6) is 6.01 Å². The van der Waals surface area contributed by atoms with Gasteiger partial charge in [0.15, 0.2) is 0 Å². The van der Waals surface area contributed by atoms with Gasteiger partial charge in [0.25, 0.3) is 5.91 Å². The van der Waals surface area contributed by atoms with E-state index in [1.165, 1.54) is 38.8 Å². The second kappa shape index (κ2) is 9.96. The van der Waals surface area contributed by atoms with Crippen molar-refractivity contribution < 1.29 is 13.9 Å². The smallest absolute Gasteiger partial charge is 0.316 e. The summed E-state index contributed by atoms with van der Waals surface area (Å²) >= 11 is 0. The molecule has 9 nitrogen and oxygen atoms in total. The standard InChI is InChI=1S/C25H26FN7O2/c1-5-25(2,17-6-7-18(26)21-16(23(34)27-3)8-9-28-22(17)21)13-31-20-10-19(32-14-33-20)15-11-29-24(35-4)30-12-15/h6-12,14H,5,13H2,1-4H3,(H,27,34)(H,31,32,33)/t25-/m0/s1. The first-order chi connectivity index (χ1) is 16.9. The number of hydrogen-bond donors (Lipinski definition) is 2. The molecule has 0 fully saturated rings. The van der Waals surface area contributed by atoms with Gasteiger partial charge in [-0.3, -0.25) is 9.78 Å². The first-order valence-corrected chi connectivity index (χ1v) is 11.1. The van der Waals surface area contributed by atoms with E-state index in [0.29, 0.717) is 23.6 Å². The van der Waals surface area contributed by atoms with Gasteiger partial charge in [0.2, 0.25) is 0 Å². The van der Waals surface area contributed by atoms with Crippen molar-refractivity contribution in [2.45, 2.75) is 25.7 Å². The van der Waals surface area contributed by atoms with Crippen LogP contribution in [0.4, 0.5) is 10.2 Å². The van der Waals surface area contributed by atoms with E-state index >= 15 is 0 Å². The zero-order chi connectivity index (χ0) is 25.0. The number of nitrogens with zero attached hydrogens (tertiary/aromatic N) is 5. The highest BCUT2D eigenvalue weighted by Crippen LogP contribution is 2.35. The number of aromatic nitrogens is 5. The van der Waals surface area contributed by atoms with Crippen LogP contribution in [0, 0.1) is 5.82 Å². The number of pyridine rings is 1. The molecule has 1 aromatic carbocycles. The van der Waals surface area contributed by atoms with E-state index in [2.05, 4.69) is 49.4 Å². The lowest BCUT2D eigenvalue weighted by atomic mass is 9.78. The minimum atomic E-state index is -0.482. The summed E-state index contributed by atoms with van der Waals surface area (Å²) in [5.41, 5.74) is 2.51. The summed E-state index contributed by atoms with van der Waals surface area (Å²) in [5.74, 6) is -0.222. The fourth-order valence-corrected chi connectivity index (χ4v) is 3.90. The number of halogens is 1. The Kier molecular flexibility index (Phi) is 6.81. The topological polar surface area (TPSA) is 115 Å². The number of fused-ring (bicyclic) bond motifs is 1. The molecule has 0 aliphatic heterocycles. The van der Waals surface area contributed by atoms with Crippen LogP contribution in [0.2, 0.25) is 0 Å². The maximum absolute atomic E-state index is 14.8. The summed E-state index contributed by atoms with van der Waals surface area (Å²) in [7, 11) is 3.02. The summed E-state index contributed by atoms with van der Waals surface area (Å²) in [6.45, 7) is 4.62. The molecule has 0 radical (unpaired) electrons. The van der Waals surface area contributed by atoms with E-state index in [1.807, 2.05) is 6.07 Å². The molecule has 1 amide bonds. The lowest BCUT2D eigenvalue weighted by molar-refractivity contribution is 0.0964. The Morgan fingerprint density at radius 3 is 2.57 bits per heavy atom. The van der Waals surface area contributed by atoms with Crippen LogP contribution in [-0.2, 0) is 5.41 Å². The second-order valence-electron chi connectivity index (χ2n) is 8.27. The van der Waals surface area contributed by atoms with Gasteiger partial charge in [-0.1, -0.05) is 19.9 Å². The molecule has 0 aliphatic carbocycles. The molecule has 2 N–H and O–H groups in total. The minimum absolute atomic E-state index is 0.216. The number of ether oxygens (including phenoxy) is 1. The number of anilines is 1. The van der Waals surface area contributed by atoms with Crippen LogP contribution in [0.25, 0.3) is 22.2 Å². The molecule has 4 rings (SSSR count). The Balaban J connectivity index is 1.65. The third-order valence-electron chi connectivity index (χ3n) is 6.18. The van der Waals surface area contributed by atoms with Crippen LogP contribution in [0.3, 0.4) is 0 Å². The number of benzene rings is 1. The number of hydrogen-bond acceptors (Lipinski definition) is 8. The average molecular weight is 476 g/mol. The van der Waals surface area contributed by atoms with E-state index in [9.17, 15) is 9.18 Å². The van der Waals surface area contributed by atoms with Crippen LogP contribution >= 0.6 is 0 Å². The van der Waals surface area contributed by atoms with Crippen molar-refractivity contribution in [2.75, 3.05) is 26.0 Å². The Labute approximate surface area is 202 Å². The van der Waals surface area contributed by atoms with Gasteiger partial charge in [-0.25, -0.2) is 24.3 Å². The van der Waals surface area contributed by atoms with Gasteiger partial charge < -0.3 is 15.4 Å². The Morgan fingerprint density at radius 1 is 1.11 bits per heavy atom. The number of amides is 1. The van der Waals surface area contributed by atoms with Crippen molar-refractivity contribution in [3.05, 3.63) is 66.1 Å². The van der Waals surface area contributed by atoms with Gasteiger partial charge in [-0.15, -0.1) is 0 Å². The molecule has 0 saturated heterocycles. The van der Waals surface area contributed by atoms with Crippen molar-refractivity contribution in [1.29, 1.82) is 0 Å². The maximum atomic E-state index is 14.8. The van der Waals surface area contributed by atoms with E-state index in [1.54, 1.807) is 18.5 Å². The van der Waals surface area contributed by atoms with E-state index in [-0.39, 0.29) is 22.9 Å². The number of carbonyl (C=O) groups is 1. The van der Waals surface area contributed by atoms with Crippen LogP contribution < -0.4 is 15.4 Å². The lowest BCUT2D eigenvalue weighted by Gasteiger charge is -2.30. The second-order valence-corrected chi connectivity index (χ2v) is 8.27. The van der Waals surface area contributed by atoms with Gasteiger partial charge in [0.1, 0.15) is 18.0 Å². The monoisotopic (exact) mass is 475 g/mol. The number of carbonyl (C=O) groups excluding carboxylic acids is 1. The summed E-state index contributed by atoms with van der Waals surface area (Å²) in [6, 6.07) is 6.75. The number of methoxy groups -OCH3 is 1. The molecule has 0 unspecified atom stereocenters. The third kappa shape index (κ3) is 4.72. The highest BCUT2D eigenvalue weighted by Gasteiger charge is 2.29. The molecule has 0 bridgehead atoms. The first kappa shape index (κ1) is 23.9. The Bertz CT molecular complexity index is 1360. The molecule has 10 heteroatoms. The number of nitrogens with one attached hydrogen (secondary N) is 2. The predicted octanol–water partition coefficient (Wildman–Crippen LogP) is 3.77. The van der Waals surface area contributed by atoms with Crippen molar-refractivity contribution in [3.8, 4) is 17.3 Å². The van der Waals surface area contributed by atoms with Crippen molar-refractivity contribution in [2.24, 2.45) is 0 Å². The van der Waals surface area contributed by atoms with Gasteiger partial charge >= 0.3 is 6.01 Å². The lowest BCUT2D eigenvalue weighted by Crippen LogP contribution is -2.31. The normalized spacial score (nSPS) is 12.7. The van der Waals surface area contributed by atoms with Crippen LogP contribution in [-0.4, -0.2) is 51.5 Å². The number of rotatable bonds is 8. The maximum Gasteiger partial charge on any atom is 0.316 e. The molecule has 4 aromatic rings. The highest BCUT2D eigenvalue weighted by atomic mass is 19.1. The average Bonchev–Trinajstić information content (AvgIpc) is 2.91. The zero-order valence-electron chi connectivity index (χ0n) is 20.0. The van der Waals surface area contributed by atoms with Gasteiger partial charge in [0, 0.05) is 54.6 Å². The fourth-order valence-electron chi connectivity index (χ4n) is 3.90. The quantitative estimate of drug-likeness (QED) is 0.396. The molecular formula is C25H26FN7O2. The van der Waals surface area contributed by atoms with Crippen LogP contribution in [0.15, 0.2) is 49.2 Å². The Morgan fingerprint density at radius 2 is 1.89 bits per heavy atom. The van der Waals surface area contributed by atoms with Gasteiger partial charge in [-0.05, 0) is 24.1 Å². The summed E-state index contributed by atoms with van der Waals surface area (Å²) in [4.78, 5) is 33.7. The third-order valence-corrected chi connectivity index (χ3v) is 6.18. The predicted molar refractivity (Wildman–Crippen MR) is 131 cm³/mol. The van der Waals surface area contributed by atoms with Crippen molar-refractivity contribution in [3.63, 3.8) is 0 Å². The zero-order valence-corrected chi connectivity index (χ0v) is 20.0. The molecule has 0 saturated carbocycles. The van der Waals surface area contributed by atoms with Crippen LogP contribution in [0.1, 0.15) is 36.2 Å². The SMILES string of the molecule is CC[C@@](C)(CNc1cc(-c2cnc(OC)nc2)ncn1)c1ccc(F)c2c(C(=O)NC)ccnc12. The van der Waals surface area contributed by atoms with E-state index in [4.69, 9.17) is 4.74 Å². The summed E-state index contributed by atoms with van der Waals surface area (Å²) < 4.78 is 19.9. The summed E-state index contributed by atoms with van der Waals surface area (Å²) in [6.07, 6.45) is 7.00. The molecule has 1 atom stereocenters. The first-order valence-electron chi connectivity index (χ1n) is 11.1. The van der Waals surface area contributed by atoms with Gasteiger partial charge in [0.05, 0.1) is 23.9 Å². The molecule has 0 aliphatic rings. The Hall–Kier alpha value is -4.21. The minimum Gasteiger partial charge on any atom is -0.467 e. The van der Waals surface area contributed by atoms with Crippen molar-refractivity contribution in [1.82, 2.24) is 30.2 Å². The summed E-state index contributed by atoms with van der Waals surface area (Å²) in [5, 5.41) is 6.16. The molecule has 180 valence electrons. The molecular weight excluding hydrogens is 449 g/mol. The molecule has 35 heavy (non-hydrogen) atoms. The largest absolute Gasteiger partial charge is 0.467 e. The van der Waals surface area contributed by atoms with Gasteiger partial charge in [-0.2, -0.15) is 0 Å². The molecule has 0 spiro atoms.